The standard InChI is InChI=1S/C20H23ClN2O5/c1-13-11-15(21)7-9-16(13)28-10-4-5-19(24)22-23-20(25)14-6-8-17(26-2)18(12-14)27-3/h6-9,11-12H,4-5,10H2,1-3H3,(H,22,24)(H,23,25). The third-order valence-corrected chi connectivity index (χ3v) is 4.14. The van der Waals surface area contributed by atoms with Gasteiger partial charge in [0.15, 0.2) is 11.5 Å². The van der Waals surface area contributed by atoms with Crippen LogP contribution in [0.5, 0.6) is 17.2 Å². The molecule has 0 bridgehead atoms. The van der Waals surface area contributed by atoms with Gasteiger partial charge in [-0.25, -0.2) is 0 Å². The first-order valence-electron chi connectivity index (χ1n) is 8.64. The van der Waals surface area contributed by atoms with Crippen molar-refractivity contribution in [2.75, 3.05) is 20.8 Å². The van der Waals surface area contributed by atoms with Gasteiger partial charge in [-0.1, -0.05) is 11.6 Å². The largest absolute Gasteiger partial charge is 0.493 e. The summed E-state index contributed by atoms with van der Waals surface area (Å²) < 4.78 is 15.9. The average Bonchev–Trinajstić information content (AvgIpc) is 2.70. The number of rotatable bonds is 8. The third-order valence-electron chi connectivity index (χ3n) is 3.90. The summed E-state index contributed by atoms with van der Waals surface area (Å²) in [6.45, 7) is 2.27. The Kier molecular flexibility index (Phi) is 7.95. The second kappa shape index (κ2) is 10.4. The first-order chi connectivity index (χ1) is 13.4. The fourth-order valence-electron chi connectivity index (χ4n) is 2.43. The molecule has 0 fully saturated rings. The van der Waals surface area contributed by atoms with Crippen LogP contribution in [0, 0.1) is 6.92 Å². The molecule has 0 spiro atoms. The molecule has 0 aliphatic carbocycles. The Morgan fingerprint density at radius 2 is 1.68 bits per heavy atom. The van der Waals surface area contributed by atoms with Crippen molar-refractivity contribution in [3.8, 4) is 17.2 Å². The average molecular weight is 407 g/mol. The molecule has 0 saturated heterocycles. The highest BCUT2D eigenvalue weighted by molar-refractivity contribution is 6.30. The van der Waals surface area contributed by atoms with E-state index in [-0.39, 0.29) is 12.3 Å². The minimum Gasteiger partial charge on any atom is -0.493 e. The van der Waals surface area contributed by atoms with Crippen LogP contribution in [0.2, 0.25) is 5.02 Å². The van der Waals surface area contributed by atoms with E-state index in [4.69, 9.17) is 25.8 Å². The van der Waals surface area contributed by atoms with Crippen molar-refractivity contribution >= 4 is 23.4 Å². The Labute approximate surface area is 168 Å². The molecule has 0 saturated carbocycles. The molecule has 0 atom stereocenters. The van der Waals surface area contributed by atoms with Gasteiger partial charge in [0.05, 0.1) is 20.8 Å². The Morgan fingerprint density at radius 1 is 0.964 bits per heavy atom. The zero-order valence-corrected chi connectivity index (χ0v) is 16.8. The Bertz CT molecular complexity index is 841. The molecule has 28 heavy (non-hydrogen) atoms. The summed E-state index contributed by atoms with van der Waals surface area (Å²) in [6, 6.07) is 10.1. The van der Waals surface area contributed by atoms with E-state index >= 15 is 0 Å². The van der Waals surface area contributed by atoms with E-state index in [2.05, 4.69) is 10.9 Å². The Balaban J connectivity index is 1.74. The van der Waals surface area contributed by atoms with Crippen LogP contribution in [0.15, 0.2) is 36.4 Å². The van der Waals surface area contributed by atoms with Crippen LogP contribution in [0.3, 0.4) is 0 Å². The maximum Gasteiger partial charge on any atom is 0.269 e. The van der Waals surface area contributed by atoms with E-state index in [9.17, 15) is 9.59 Å². The number of ether oxygens (including phenoxy) is 3. The number of hydrogen-bond acceptors (Lipinski definition) is 5. The number of hydrazine groups is 1. The molecule has 150 valence electrons. The van der Waals surface area contributed by atoms with Crippen molar-refractivity contribution in [2.24, 2.45) is 0 Å². The molecule has 0 aromatic heterocycles. The van der Waals surface area contributed by atoms with Crippen LogP contribution in [-0.4, -0.2) is 32.6 Å². The molecule has 2 amide bonds. The van der Waals surface area contributed by atoms with Crippen LogP contribution in [0.1, 0.15) is 28.8 Å². The van der Waals surface area contributed by atoms with Crippen LogP contribution >= 0.6 is 11.6 Å². The lowest BCUT2D eigenvalue weighted by molar-refractivity contribution is -0.122. The summed E-state index contributed by atoms with van der Waals surface area (Å²) in [5.41, 5.74) is 6.01. The molecular weight excluding hydrogens is 384 g/mol. The number of aryl methyl sites for hydroxylation is 1. The zero-order chi connectivity index (χ0) is 20.5. The number of benzene rings is 2. The molecule has 8 heteroatoms. The van der Waals surface area contributed by atoms with Gasteiger partial charge >= 0.3 is 0 Å². The van der Waals surface area contributed by atoms with Gasteiger partial charge in [0.25, 0.3) is 5.91 Å². The normalized spacial score (nSPS) is 10.1. The van der Waals surface area contributed by atoms with E-state index in [0.717, 1.165) is 11.3 Å². The molecular formula is C20H23ClN2O5. The van der Waals surface area contributed by atoms with Crippen molar-refractivity contribution in [1.29, 1.82) is 0 Å². The number of nitrogens with one attached hydrogen (secondary N) is 2. The fourth-order valence-corrected chi connectivity index (χ4v) is 2.65. The van der Waals surface area contributed by atoms with Gasteiger partial charge in [0.2, 0.25) is 5.91 Å². The summed E-state index contributed by atoms with van der Waals surface area (Å²) in [5, 5.41) is 0.648. The highest BCUT2D eigenvalue weighted by atomic mass is 35.5. The monoisotopic (exact) mass is 406 g/mol. The molecule has 0 heterocycles. The predicted octanol–water partition coefficient (Wildman–Crippen LogP) is 3.29. The highest BCUT2D eigenvalue weighted by Gasteiger charge is 2.11. The summed E-state index contributed by atoms with van der Waals surface area (Å²) in [4.78, 5) is 24.0. The van der Waals surface area contributed by atoms with Gasteiger partial charge in [-0.05, 0) is 55.3 Å². The van der Waals surface area contributed by atoms with Crippen molar-refractivity contribution in [1.82, 2.24) is 10.9 Å². The minimum absolute atomic E-state index is 0.207. The quantitative estimate of drug-likeness (QED) is 0.519. The maximum absolute atomic E-state index is 12.1. The number of carbonyl (C=O) groups is 2. The summed E-state index contributed by atoms with van der Waals surface area (Å²) in [7, 11) is 2.99. The van der Waals surface area contributed by atoms with Crippen molar-refractivity contribution in [2.45, 2.75) is 19.8 Å². The second-order valence-electron chi connectivity index (χ2n) is 5.93. The maximum atomic E-state index is 12.1. The molecule has 0 aliphatic heterocycles. The molecule has 2 N–H and O–H groups in total. The fraction of sp³-hybridized carbons (Fsp3) is 0.300. The third kappa shape index (κ3) is 6.06. The lowest BCUT2D eigenvalue weighted by Gasteiger charge is -2.11. The van der Waals surface area contributed by atoms with E-state index in [1.807, 2.05) is 13.0 Å². The van der Waals surface area contributed by atoms with Gasteiger partial charge in [-0.2, -0.15) is 0 Å². The van der Waals surface area contributed by atoms with Gasteiger partial charge in [0, 0.05) is 17.0 Å². The van der Waals surface area contributed by atoms with E-state index < -0.39 is 5.91 Å². The first kappa shape index (κ1) is 21.4. The zero-order valence-electron chi connectivity index (χ0n) is 16.0. The smallest absolute Gasteiger partial charge is 0.269 e. The number of carbonyl (C=O) groups excluding carboxylic acids is 2. The molecule has 2 aromatic carbocycles. The molecule has 0 radical (unpaired) electrons. The van der Waals surface area contributed by atoms with Crippen molar-refractivity contribution in [3.63, 3.8) is 0 Å². The van der Waals surface area contributed by atoms with Crippen LogP contribution < -0.4 is 25.1 Å². The second-order valence-corrected chi connectivity index (χ2v) is 6.37. The summed E-state index contributed by atoms with van der Waals surface area (Å²) in [5.74, 6) is 0.897. The Morgan fingerprint density at radius 3 is 2.36 bits per heavy atom. The van der Waals surface area contributed by atoms with Crippen LogP contribution in [0.25, 0.3) is 0 Å². The van der Waals surface area contributed by atoms with Crippen LogP contribution in [-0.2, 0) is 4.79 Å². The van der Waals surface area contributed by atoms with Crippen molar-refractivity contribution in [3.05, 3.63) is 52.5 Å². The van der Waals surface area contributed by atoms with E-state index in [0.29, 0.717) is 35.1 Å². The van der Waals surface area contributed by atoms with Gasteiger partial charge in [-0.15, -0.1) is 0 Å². The topological polar surface area (TPSA) is 85.9 Å². The Hall–Kier alpha value is -2.93. The predicted molar refractivity (Wildman–Crippen MR) is 106 cm³/mol. The van der Waals surface area contributed by atoms with E-state index in [1.165, 1.54) is 20.3 Å². The van der Waals surface area contributed by atoms with Gasteiger partial charge in [0.1, 0.15) is 5.75 Å². The first-order valence-corrected chi connectivity index (χ1v) is 9.02. The highest BCUT2D eigenvalue weighted by Crippen LogP contribution is 2.27. The van der Waals surface area contributed by atoms with Gasteiger partial charge < -0.3 is 14.2 Å². The molecule has 0 aliphatic rings. The minimum atomic E-state index is -0.456. The molecule has 0 unspecified atom stereocenters. The molecule has 2 aromatic rings. The SMILES string of the molecule is COc1ccc(C(=O)NNC(=O)CCCOc2ccc(Cl)cc2C)cc1OC. The van der Waals surface area contributed by atoms with Crippen molar-refractivity contribution < 1.29 is 23.8 Å². The lowest BCUT2D eigenvalue weighted by Crippen LogP contribution is -2.41. The number of hydrogen-bond donors (Lipinski definition) is 2. The van der Waals surface area contributed by atoms with Crippen LogP contribution in [0.4, 0.5) is 0 Å². The van der Waals surface area contributed by atoms with E-state index in [1.54, 1.807) is 24.3 Å². The number of amides is 2. The number of halogens is 1. The number of methoxy groups -OCH3 is 2. The molecule has 7 nitrogen and oxygen atoms in total. The lowest BCUT2D eigenvalue weighted by atomic mass is 10.2. The summed E-state index contributed by atoms with van der Waals surface area (Å²) >= 11 is 5.90. The summed E-state index contributed by atoms with van der Waals surface area (Å²) in [6.07, 6.45) is 0.707. The molecule has 2 rings (SSSR count). The van der Waals surface area contributed by atoms with Gasteiger partial charge in [-0.3, -0.25) is 20.4 Å².